The number of nitrogens with zero attached hydrogens (tertiary/aromatic N) is 1. The van der Waals surface area contributed by atoms with Crippen molar-refractivity contribution in [3.05, 3.63) is 40.7 Å². The fourth-order valence-electron chi connectivity index (χ4n) is 2.47. The van der Waals surface area contributed by atoms with Gasteiger partial charge in [-0.25, -0.2) is 0 Å². The minimum Gasteiger partial charge on any atom is -0.381 e. The van der Waals surface area contributed by atoms with Crippen LogP contribution >= 0.6 is 0 Å². The Bertz CT molecular complexity index is 628. The Morgan fingerprint density at radius 3 is 2.58 bits per heavy atom. The monoisotopic (exact) mass is 258 g/mol. The van der Waals surface area contributed by atoms with Crippen molar-refractivity contribution in [3.8, 4) is 0 Å². The Balaban J connectivity index is 2.55. The molecule has 0 aliphatic rings. The Labute approximate surface area is 114 Å². The molecule has 1 atom stereocenters. The van der Waals surface area contributed by atoms with Gasteiger partial charge in [-0.3, -0.25) is 4.79 Å². The van der Waals surface area contributed by atoms with Gasteiger partial charge in [0.05, 0.1) is 5.52 Å². The van der Waals surface area contributed by atoms with E-state index in [1.807, 2.05) is 25.2 Å². The molecule has 1 heterocycles. The summed E-state index contributed by atoms with van der Waals surface area (Å²) in [6.45, 7) is 6.57. The average molecular weight is 258 g/mol. The normalized spacial score (nSPS) is 12.9. The van der Waals surface area contributed by atoms with Crippen molar-refractivity contribution in [2.45, 2.75) is 33.2 Å². The van der Waals surface area contributed by atoms with Gasteiger partial charge < -0.3 is 9.88 Å². The van der Waals surface area contributed by atoms with Crippen LogP contribution < -0.4 is 10.9 Å². The first-order valence-electron chi connectivity index (χ1n) is 6.90. The fourth-order valence-corrected chi connectivity index (χ4v) is 2.47. The van der Waals surface area contributed by atoms with Crippen LogP contribution in [0.3, 0.4) is 0 Å². The molecule has 1 aromatic heterocycles. The molecule has 2 aromatic rings. The lowest BCUT2D eigenvalue weighted by atomic mass is 10.0. The summed E-state index contributed by atoms with van der Waals surface area (Å²) in [5.74, 6) is 0.535. The van der Waals surface area contributed by atoms with Gasteiger partial charge in [0.1, 0.15) is 0 Å². The van der Waals surface area contributed by atoms with Gasteiger partial charge in [-0.05, 0) is 18.4 Å². The molecule has 19 heavy (non-hydrogen) atoms. The van der Waals surface area contributed by atoms with Crippen LogP contribution in [0.5, 0.6) is 0 Å². The quantitative estimate of drug-likeness (QED) is 0.912. The van der Waals surface area contributed by atoms with Gasteiger partial charge in [0, 0.05) is 30.2 Å². The van der Waals surface area contributed by atoms with Crippen molar-refractivity contribution in [1.29, 1.82) is 0 Å². The van der Waals surface area contributed by atoms with Crippen molar-refractivity contribution in [1.82, 2.24) is 4.57 Å². The van der Waals surface area contributed by atoms with E-state index in [4.69, 9.17) is 0 Å². The second-order valence-electron chi connectivity index (χ2n) is 5.38. The molecular formula is C16H22N2O. The van der Waals surface area contributed by atoms with Gasteiger partial charge in [-0.2, -0.15) is 0 Å². The van der Waals surface area contributed by atoms with E-state index in [-0.39, 0.29) is 5.56 Å². The van der Waals surface area contributed by atoms with E-state index in [9.17, 15) is 4.79 Å². The summed E-state index contributed by atoms with van der Waals surface area (Å²) in [5.41, 5.74) is 1.94. The van der Waals surface area contributed by atoms with Crippen molar-refractivity contribution in [2.75, 3.05) is 5.32 Å². The van der Waals surface area contributed by atoms with Crippen molar-refractivity contribution in [3.63, 3.8) is 0 Å². The van der Waals surface area contributed by atoms with E-state index in [0.717, 1.165) is 23.0 Å². The van der Waals surface area contributed by atoms with E-state index in [2.05, 4.69) is 32.2 Å². The summed E-state index contributed by atoms with van der Waals surface area (Å²) in [5, 5.41) is 4.63. The molecule has 0 radical (unpaired) electrons. The molecule has 0 spiro atoms. The highest BCUT2D eigenvalue weighted by atomic mass is 16.1. The maximum Gasteiger partial charge on any atom is 0.252 e. The molecule has 102 valence electrons. The van der Waals surface area contributed by atoms with E-state index in [1.165, 1.54) is 0 Å². The first-order chi connectivity index (χ1) is 9.04. The number of hydrogen-bond acceptors (Lipinski definition) is 2. The molecule has 3 nitrogen and oxygen atoms in total. The molecule has 0 amide bonds. The van der Waals surface area contributed by atoms with E-state index in [0.29, 0.717) is 12.0 Å². The number of hydrogen-bond donors (Lipinski definition) is 1. The van der Waals surface area contributed by atoms with Crippen LogP contribution in [0.1, 0.15) is 27.2 Å². The number of aromatic nitrogens is 1. The number of fused-ring (bicyclic) bond motifs is 1. The summed E-state index contributed by atoms with van der Waals surface area (Å²) in [6, 6.07) is 10.1. The average Bonchev–Trinajstić information content (AvgIpc) is 2.41. The zero-order valence-electron chi connectivity index (χ0n) is 12.1. The topological polar surface area (TPSA) is 34.0 Å². The zero-order chi connectivity index (χ0) is 14.0. The third kappa shape index (κ3) is 2.65. The second-order valence-corrected chi connectivity index (χ2v) is 5.38. The molecule has 0 saturated heterocycles. The van der Waals surface area contributed by atoms with Gasteiger partial charge in [-0.15, -0.1) is 0 Å². The van der Waals surface area contributed by atoms with Crippen LogP contribution in [-0.2, 0) is 7.05 Å². The van der Waals surface area contributed by atoms with Gasteiger partial charge in [0.15, 0.2) is 0 Å². The lowest BCUT2D eigenvalue weighted by Crippen LogP contribution is -2.26. The highest BCUT2D eigenvalue weighted by Crippen LogP contribution is 2.23. The molecule has 0 saturated carbocycles. The highest BCUT2D eigenvalue weighted by Gasteiger charge is 2.13. The maximum absolute atomic E-state index is 12.0. The minimum atomic E-state index is 0.0276. The smallest absolute Gasteiger partial charge is 0.252 e. The molecular weight excluding hydrogens is 236 g/mol. The molecule has 0 fully saturated rings. The van der Waals surface area contributed by atoms with Crippen LogP contribution in [0, 0.1) is 5.92 Å². The number of rotatable bonds is 4. The van der Waals surface area contributed by atoms with Crippen LogP contribution in [0.2, 0.25) is 0 Å². The molecule has 0 aliphatic carbocycles. The van der Waals surface area contributed by atoms with Crippen LogP contribution in [0.15, 0.2) is 35.1 Å². The zero-order valence-corrected chi connectivity index (χ0v) is 12.1. The molecule has 2 rings (SSSR count). The van der Waals surface area contributed by atoms with Gasteiger partial charge in [0.25, 0.3) is 5.56 Å². The molecule has 1 N–H and O–H groups in total. The third-order valence-corrected chi connectivity index (χ3v) is 3.74. The Morgan fingerprint density at radius 2 is 1.95 bits per heavy atom. The standard InChI is InChI=1S/C16H22N2O/c1-5-13(11(2)3)17-14-10-16(19)18(4)15-9-7-6-8-12(14)15/h6-11,13,17H,5H2,1-4H3. The summed E-state index contributed by atoms with van der Waals surface area (Å²) in [4.78, 5) is 12.0. The lowest BCUT2D eigenvalue weighted by Gasteiger charge is -2.23. The number of anilines is 1. The number of aryl methyl sites for hydroxylation is 1. The van der Waals surface area contributed by atoms with Gasteiger partial charge in [-0.1, -0.05) is 39.0 Å². The van der Waals surface area contributed by atoms with Crippen molar-refractivity contribution in [2.24, 2.45) is 13.0 Å². The molecule has 1 aromatic carbocycles. The fraction of sp³-hybridized carbons (Fsp3) is 0.438. The first kappa shape index (κ1) is 13.7. The largest absolute Gasteiger partial charge is 0.381 e. The predicted octanol–water partition coefficient (Wildman–Crippen LogP) is 3.39. The Morgan fingerprint density at radius 1 is 1.26 bits per heavy atom. The Kier molecular flexibility index (Phi) is 3.93. The van der Waals surface area contributed by atoms with Crippen molar-refractivity contribution >= 4 is 16.6 Å². The first-order valence-corrected chi connectivity index (χ1v) is 6.90. The van der Waals surface area contributed by atoms with Crippen LogP contribution in [0.4, 0.5) is 5.69 Å². The predicted molar refractivity (Wildman–Crippen MR) is 81.7 cm³/mol. The molecule has 0 bridgehead atoms. The molecule has 3 heteroatoms. The van der Waals surface area contributed by atoms with Gasteiger partial charge >= 0.3 is 0 Å². The number of nitrogens with one attached hydrogen (secondary N) is 1. The van der Waals surface area contributed by atoms with Crippen LogP contribution in [0.25, 0.3) is 10.9 Å². The summed E-state index contributed by atoms with van der Waals surface area (Å²) in [6.07, 6.45) is 1.04. The number of para-hydroxylation sites is 1. The minimum absolute atomic E-state index is 0.0276. The molecule has 1 unspecified atom stereocenters. The van der Waals surface area contributed by atoms with E-state index < -0.39 is 0 Å². The number of pyridine rings is 1. The number of benzene rings is 1. The SMILES string of the molecule is CCC(Nc1cc(=O)n(C)c2ccccc12)C(C)C. The maximum atomic E-state index is 12.0. The summed E-state index contributed by atoms with van der Waals surface area (Å²) in [7, 11) is 1.81. The Hall–Kier alpha value is -1.77. The third-order valence-electron chi connectivity index (χ3n) is 3.74. The molecule has 0 aliphatic heterocycles. The lowest BCUT2D eigenvalue weighted by molar-refractivity contribution is 0.511. The van der Waals surface area contributed by atoms with E-state index >= 15 is 0 Å². The highest BCUT2D eigenvalue weighted by molar-refractivity contribution is 5.91. The van der Waals surface area contributed by atoms with Crippen molar-refractivity contribution < 1.29 is 0 Å². The van der Waals surface area contributed by atoms with Crippen LogP contribution in [-0.4, -0.2) is 10.6 Å². The van der Waals surface area contributed by atoms with E-state index in [1.54, 1.807) is 10.6 Å². The van der Waals surface area contributed by atoms with Gasteiger partial charge in [0.2, 0.25) is 0 Å². The summed E-state index contributed by atoms with van der Waals surface area (Å²) >= 11 is 0. The second kappa shape index (κ2) is 5.47. The summed E-state index contributed by atoms with van der Waals surface area (Å²) < 4.78 is 1.69.